The first-order chi connectivity index (χ1) is 9.47. The third kappa shape index (κ3) is 2.80. The molecular formula is C14H21F3N2O. The van der Waals surface area contributed by atoms with E-state index in [1.807, 2.05) is 0 Å². The van der Waals surface area contributed by atoms with Crippen LogP contribution in [0, 0.1) is 17.8 Å². The smallest absolute Gasteiger partial charge is 0.330 e. The van der Waals surface area contributed by atoms with Gasteiger partial charge < -0.3 is 10.2 Å². The predicted molar refractivity (Wildman–Crippen MR) is 68.0 cm³/mol. The zero-order chi connectivity index (χ0) is 14.3. The van der Waals surface area contributed by atoms with Gasteiger partial charge in [0.2, 0.25) is 5.91 Å². The Hall–Kier alpha value is -0.780. The summed E-state index contributed by atoms with van der Waals surface area (Å²) in [6.45, 7) is 0.320. The molecule has 3 rings (SSSR count). The van der Waals surface area contributed by atoms with Gasteiger partial charge in [0.05, 0.1) is 0 Å². The van der Waals surface area contributed by atoms with Gasteiger partial charge in [-0.15, -0.1) is 0 Å². The minimum absolute atomic E-state index is 0.110. The van der Waals surface area contributed by atoms with Crippen LogP contribution in [0.5, 0.6) is 0 Å². The van der Waals surface area contributed by atoms with Gasteiger partial charge in [0.15, 0.2) is 0 Å². The Morgan fingerprint density at radius 3 is 2.25 bits per heavy atom. The lowest BCUT2D eigenvalue weighted by Gasteiger charge is -2.35. The lowest BCUT2D eigenvalue weighted by atomic mass is 10.0. The van der Waals surface area contributed by atoms with Crippen LogP contribution in [0.3, 0.4) is 0 Å². The van der Waals surface area contributed by atoms with E-state index >= 15 is 0 Å². The van der Waals surface area contributed by atoms with E-state index in [2.05, 4.69) is 5.32 Å². The van der Waals surface area contributed by atoms with E-state index in [-0.39, 0.29) is 17.9 Å². The van der Waals surface area contributed by atoms with Gasteiger partial charge >= 0.3 is 6.18 Å². The van der Waals surface area contributed by atoms with Crippen molar-refractivity contribution in [2.75, 3.05) is 19.6 Å². The number of nitrogens with zero attached hydrogens (tertiary/aromatic N) is 1. The van der Waals surface area contributed by atoms with Gasteiger partial charge in [-0.1, -0.05) is 6.42 Å². The van der Waals surface area contributed by atoms with Crippen molar-refractivity contribution in [3.8, 4) is 0 Å². The van der Waals surface area contributed by atoms with Gasteiger partial charge in [0, 0.05) is 12.0 Å². The molecular weight excluding hydrogens is 269 g/mol. The van der Waals surface area contributed by atoms with Crippen LogP contribution in [-0.2, 0) is 4.79 Å². The number of halogens is 3. The number of carbonyl (C=O) groups excluding carboxylic acids is 1. The first-order valence-electron chi connectivity index (χ1n) is 7.55. The largest absolute Gasteiger partial charge is 0.406 e. The van der Waals surface area contributed by atoms with Crippen molar-refractivity contribution >= 4 is 5.91 Å². The molecule has 3 aliphatic rings. The summed E-state index contributed by atoms with van der Waals surface area (Å²) < 4.78 is 38.4. The second-order valence-corrected chi connectivity index (χ2v) is 6.35. The average Bonchev–Trinajstić information content (AvgIpc) is 2.88. The second-order valence-electron chi connectivity index (χ2n) is 6.35. The number of amides is 1. The summed E-state index contributed by atoms with van der Waals surface area (Å²) >= 11 is 0. The zero-order valence-electron chi connectivity index (χ0n) is 11.5. The molecule has 2 atom stereocenters. The Balaban J connectivity index is 1.69. The van der Waals surface area contributed by atoms with Crippen molar-refractivity contribution in [1.82, 2.24) is 10.2 Å². The van der Waals surface area contributed by atoms with Gasteiger partial charge in [-0.2, -0.15) is 13.2 Å². The third-order valence-electron chi connectivity index (χ3n) is 5.07. The molecule has 1 saturated heterocycles. The maximum atomic E-state index is 12.8. The Morgan fingerprint density at radius 2 is 1.70 bits per heavy atom. The molecule has 2 aliphatic carbocycles. The number of rotatable bonds is 3. The van der Waals surface area contributed by atoms with Crippen molar-refractivity contribution in [3.63, 3.8) is 0 Å². The Morgan fingerprint density at radius 1 is 1.10 bits per heavy atom. The molecule has 0 radical (unpaired) electrons. The molecule has 20 heavy (non-hydrogen) atoms. The molecule has 0 bridgehead atoms. The van der Waals surface area contributed by atoms with E-state index in [1.165, 1.54) is 0 Å². The first kappa shape index (κ1) is 14.2. The van der Waals surface area contributed by atoms with Crippen LogP contribution in [0.15, 0.2) is 0 Å². The fourth-order valence-corrected chi connectivity index (χ4v) is 4.08. The van der Waals surface area contributed by atoms with E-state index in [9.17, 15) is 18.0 Å². The van der Waals surface area contributed by atoms with Crippen molar-refractivity contribution in [1.29, 1.82) is 0 Å². The molecule has 114 valence electrons. The molecule has 1 aliphatic heterocycles. The van der Waals surface area contributed by atoms with Crippen LogP contribution in [0.4, 0.5) is 13.2 Å². The molecule has 1 N–H and O–H groups in total. The predicted octanol–water partition coefficient (Wildman–Crippen LogP) is 2.18. The summed E-state index contributed by atoms with van der Waals surface area (Å²) in [7, 11) is 0. The number of hydrogen-bond donors (Lipinski definition) is 1. The number of piperidine rings is 1. The standard InChI is InChI=1S/C14H21F3N2O/c15-14(16,17)8-19(9-4-6-18-7-5-9)13(20)12-10-2-1-3-11(10)12/h9-12,18H,1-8H2. The molecule has 3 fully saturated rings. The SMILES string of the molecule is O=C(C1C2CCCC21)N(CC(F)(F)F)C1CCNCC1. The normalized spacial score (nSPS) is 33.9. The Labute approximate surface area is 116 Å². The molecule has 2 saturated carbocycles. The van der Waals surface area contributed by atoms with Crippen molar-refractivity contribution < 1.29 is 18.0 Å². The molecule has 1 amide bonds. The van der Waals surface area contributed by atoms with Crippen molar-refractivity contribution in [2.24, 2.45) is 17.8 Å². The summed E-state index contributed by atoms with van der Waals surface area (Å²) in [5.41, 5.74) is 0. The number of nitrogens with one attached hydrogen (secondary N) is 1. The van der Waals surface area contributed by atoms with Crippen LogP contribution in [-0.4, -0.2) is 42.7 Å². The molecule has 0 aromatic carbocycles. The van der Waals surface area contributed by atoms with Crippen LogP contribution in [0.25, 0.3) is 0 Å². The van der Waals surface area contributed by atoms with Crippen LogP contribution in [0.1, 0.15) is 32.1 Å². The average molecular weight is 290 g/mol. The monoisotopic (exact) mass is 290 g/mol. The van der Waals surface area contributed by atoms with Crippen LogP contribution < -0.4 is 5.32 Å². The Bertz CT molecular complexity index is 369. The quantitative estimate of drug-likeness (QED) is 0.864. The topological polar surface area (TPSA) is 32.3 Å². The number of fused-ring (bicyclic) bond motifs is 1. The summed E-state index contributed by atoms with van der Waals surface area (Å²) in [5, 5.41) is 3.14. The van der Waals surface area contributed by atoms with Gasteiger partial charge in [-0.25, -0.2) is 0 Å². The highest BCUT2D eigenvalue weighted by Gasteiger charge is 2.58. The zero-order valence-corrected chi connectivity index (χ0v) is 11.5. The van der Waals surface area contributed by atoms with E-state index in [1.54, 1.807) is 0 Å². The molecule has 0 aromatic heterocycles. The third-order valence-corrected chi connectivity index (χ3v) is 5.07. The maximum absolute atomic E-state index is 12.8. The second kappa shape index (κ2) is 5.20. The minimum Gasteiger partial charge on any atom is -0.330 e. The van der Waals surface area contributed by atoms with E-state index in [0.717, 1.165) is 24.2 Å². The molecule has 0 spiro atoms. The van der Waals surface area contributed by atoms with Gasteiger partial charge in [-0.05, 0) is 50.6 Å². The lowest BCUT2D eigenvalue weighted by Crippen LogP contribution is -2.50. The maximum Gasteiger partial charge on any atom is 0.406 e. The van der Waals surface area contributed by atoms with E-state index in [4.69, 9.17) is 0 Å². The molecule has 3 nitrogen and oxygen atoms in total. The summed E-state index contributed by atoms with van der Waals surface area (Å²) in [6.07, 6.45) is 0.129. The summed E-state index contributed by atoms with van der Waals surface area (Å²) in [6, 6.07) is -0.244. The number of hydrogen-bond acceptors (Lipinski definition) is 2. The first-order valence-corrected chi connectivity index (χ1v) is 7.55. The minimum atomic E-state index is -4.30. The van der Waals surface area contributed by atoms with Crippen molar-refractivity contribution in [2.45, 2.75) is 44.3 Å². The summed E-state index contributed by atoms with van der Waals surface area (Å²) in [4.78, 5) is 13.6. The van der Waals surface area contributed by atoms with Gasteiger partial charge in [0.1, 0.15) is 6.54 Å². The highest BCUT2D eigenvalue weighted by molar-refractivity contribution is 5.83. The lowest BCUT2D eigenvalue weighted by molar-refractivity contribution is -0.168. The van der Waals surface area contributed by atoms with Gasteiger partial charge in [0.25, 0.3) is 0 Å². The fraction of sp³-hybridized carbons (Fsp3) is 0.929. The van der Waals surface area contributed by atoms with E-state index in [0.29, 0.717) is 37.8 Å². The number of carbonyl (C=O) groups is 1. The molecule has 2 unspecified atom stereocenters. The summed E-state index contributed by atoms with van der Waals surface area (Å²) in [5.74, 6) is 0.407. The number of alkyl halides is 3. The molecule has 0 aromatic rings. The highest BCUT2D eigenvalue weighted by Crippen LogP contribution is 2.58. The fourth-order valence-electron chi connectivity index (χ4n) is 4.08. The van der Waals surface area contributed by atoms with E-state index < -0.39 is 12.7 Å². The molecule has 1 heterocycles. The Kier molecular flexibility index (Phi) is 3.69. The van der Waals surface area contributed by atoms with Crippen LogP contribution in [0.2, 0.25) is 0 Å². The van der Waals surface area contributed by atoms with Crippen molar-refractivity contribution in [3.05, 3.63) is 0 Å². The van der Waals surface area contributed by atoms with Crippen LogP contribution >= 0.6 is 0 Å². The van der Waals surface area contributed by atoms with Gasteiger partial charge in [-0.3, -0.25) is 4.79 Å². The molecule has 6 heteroatoms. The highest BCUT2D eigenvalue weighted by atomic mass is 19.4.